The van der Waals surface area contributed by atoms with Gasteiger partial charge in [0.2, 0.25) is 0 Å². The number of rotatable bonds is 6. The molecule has 9 nitrogen and oxygen atoms in total. The van der Waals surface area contributed by atoms with E-state index in [1.807, 2.05) is 6.92 Å². The van der Waals surface area contributed by atoms with Crippen LogP contribution in [0.5, 0.6) is 0 Å². The smallest absolute Gasteiger partial charge is 0.186 e. The summed E-state index contributed by atoms with van der Waals surface area (Å²) in [4.78, 5) is 0. The van der Waals surface area contributed by atoms with E-state index in [0.717, 1.165) is 0 Å². The number of hydrogen-bond donors (Lipinski definition) is 5. The van der Waals surface area contributed by atoms with Gasteiger partial charge in [0.1, 0.15) is 18.3 Å². The van der Waals surface area contributed by atoms with E-state index in [9.17, 15) is 25.5 Å². The number of aliphatic hydroxyl groups is 5. The van der Waals surface area contributed by atoms with Crippen molar-refractivity contribution in [2.24, 2.45) is 5.92 Å². The molecule has 2 aliphatic heterocycles. The Morgan fingerprint density at radius 3 is 2.08 bits per heavy atom. The average Bonchev–Trinajstić information content (AvgIpc) is 2.59. The fourth-order valence-corrected chi connectivity index (χ4v) is 3.31. The normalized spacial score (nSPS) is 46.6. The minimum Gasteiger partial charge on any atom is -0.394 e. The van der Waals surface area contributed by atoms with Crippen LogP contribution in [0.15, 0.2) is 0 Å². The Labute approximate surface area is 178 Å². The first-order valence-corrected chi connectivity index (χ1v) is 8.59. The summed E-state index contributed by atoms with van der Waals surface area (Å²) >= 11 is 0. The summed E-state index contributed by atoms with van der Waals surface area (Å²) in [5, 5.41) is 50.3. The molecule has 2 heterocycles. The van der Waals surface area contributed by atoms with E-state index in [-0.39, 0.29) is 45.9 Å². The van der Waals surface area contributed by atoms with Gasteiger partial charge in [-0.3, -0.25) is 0 Å². The molecule has 2 aliphatic rings. The first-order chi connectivity index (χ1) is 11.8. The van der Waals surface area contributed by atoms with Crippen molar-refractivity contribution < 1.29 is 77.2 Å². The van der Waals surface area contributed by atoms with Gasteiger partial charge in [0.15, 0.2) is 12.6 Å². The SMILES string of the molecule is [CH2-]C1O[C@H](OCC)C(O)[C@@H](O)C1O[C@H]1OC(CO)C(CC)[C@H](O)C1O.[Y]. The second kappa shape index (κ2) is 11.1. The third-order valence-corrected chi connectivity index (χ3v) is 4.77. The monoisotopic (exact) mass is 454 g/mol. The van der Waals surface area contributed by atoms with Crippen molar-refractivity contribution in [1.82, 2.24) is 0 Å². The molecule has 26 heavy (non-hydrogen) atoms. The van der Waals surface area contributed by atoms with Gasteiger partial charge in [-0.05, 0) is 19.4 Å². The molecular formula is C16H29O9Y-. The molecule has 10 atom stereocenters. The molecule has 0 bridgehead atoms. The van der Waals surface area contributed by atoms with Crippen LogP contribution in [0.3, 0.4) is 0 Å². The predicted molar refractivity (Wildman–Crippen MR) is 84.1 cm³/mol. The van der Waals surface area contributed by atoms with Gasteiger partial charge in [0, 0.05) is 45.2 Å². The summed E-state index contributed by atoms with van der Waals surface area (Å²) in [5.74, 6) is -0.448. The molecule has 5 N–H and O–H groups in total. The van der Waals surface area contributed by atoms with Crippen LogP contribution in [-0.2, 0) is 51.7 Å². The van der Waals surface area contributed by atoms with Crippen LogP contribution in [0.4, 0.5) is 0 Å². The molecular weight excluding hydrogens is 425 g/mol. The summed E-state index contributed by atoms with van der Waals surface area (Å²) in [5.41, 5.74) is 0. The third kappa shape index (κ3) is 5.21. The number of aliphatic hydroxyl groups excluding tert-OH is 5. The largest absolute Gasteiger partial charge is 0.394 e. The van der Waals surface area contributed by atoms with Crippen LogP contribution >= 0.6 is 0 Å². The van der Waals surface area contributed by atoms with Crippen molar-refractivity contribution in [1.29, 1.82) is 0 Å². The first kappa shape index (κ1) is 24.8. The summed E-state index contributed by atoms with van der Waals surface area (Å²) < 4.78 is 21.7. The van der Waals surface area contributed by atoms with Crippen LogP contribution in [0.25, 0.3) is 0 Å². The Hall–Kier alpha value is 0.744. The molecule has 0 aromatic rings. The van der Waals surface area contributed by atoms with Crippen molar-refractivity contribution in [3.63, 3.8) is 0 Å². The van der Waals surface area contributed by atoms with Crippen molar-refractivity contribution in [2.45, 2.75) is 75.6 Å². The molecule has 0 aromatic carbocycles. The summed E-state index contributed by atoms with van der Waals surface area (Å²) in [7, 11) is 0. The zero-order valence-electron chi connectivity index (χ0n) is 15.0. The topological polar surface area (TPSA) is 138 Å². The molecule has 151 valence electrons. The molecule has 0 aromatic heterocycles. The van der Waals surface area contributed by atoms with E-state index >= 15 is 0 Å². The molecule has 0 spiro atoms. The van der Waals surface area contributed by atoms with Crippen molar-refractivity contribution in [3.8, 4) is 0 Å². The van der Waals surface area contributed by atoms with Gasteiger partial charge in [-0.1, -0.05) is 6.92 Å². The second-order valence-corrected chi connectivity index (χ2v) is 6.36. The maximum absolute atomic E-state index is 10.3. The van der Waals surface area contributed by atoms with Gasteiger partial charge < -0.3 is 51.4 Å². The van der Waals surface area contributed by atoms with E-state index in [2.05, 4.69) is 6.92 Å². The first-order valence-electron chi connectivity index (χ1n) is 8.59. The number of hydrogen-bond acceptors (Lipinski definition) is 9. The summed E-state index contributed by atoms with van der Waals surface area (Å²) in [6.45, 7) is 7.18. The van der Waals surface area contributed by atoms with Crippen molar-refractivity contribution in [3.05, 3.63) is 6.92 Å². The standard InChI is InChI=1S/C16H29O9.Y/c1-4-8-9(6-17)24-16(12(20)10(8)18)25-14-7(3)23-15(22-5-2)13(21)11(14)19;/h7-21H,3-6H2,1-2H3;/q-1;/t7?,8?,9?,10-,11+,12?,13?,14?,15-,16+;/m0./s1. The molecule has 2 saturated heterocycles. The Morgan fingerprint density at radius 2 is 1.54 bits per heavy atom. The molecule has 10 heteroatoms. The van der Waals surface area contributed by atoms with Crippen LogP contribution in [0, 0.1) is 12.8 Å². The van der Waals surface area contributed by atoms with Gasteiger partial charge >= 0.3 is 0 Å². The average molecular weight is 454 g/mol. The maximum atomic E-state index is 10.3. The number of ether oxygens (including phenoxy) is 4. The molecule has 2 rings (SSSR count). The van der Waals surface area contributed by atoms with Gasteiger partial charge in [0.05, 0.1) is 24.9 Å². The molecule has 0 saturated carbocycles. The third-order valence-electron chi connectivity index (χ3n) is 4.77. The van der Waals surface area contributed by atoms with Gasteiger partial charge in [-0.25, -0.2) is 0 Å². The molecule has 0 aliphatic carbocycles. The van der Waals surface area contributed by atoms with E-state index in [1.54, 1.807) is 6.92 Å². The minimum absolute atomic E-state index is 0. The van der Waals surface area contributed by atoms with Crippen LogP contribution in [0.2, 0.25) is 0 Å². The second-order valence-electron chi connectivity index (χ2n) is 6.36. The maximum Gasteiger partial charge on any atom is 0.186 e. The predicted octanol–water partition coefficient (Wildman–Crippen LogP) is -1.85. The van der Waals surface area contributed by atoms with Crippen LogP contribution in [0.1, 0.15) is 20.3 Å². The summed E-state index contributed by atoms with van der Waals surface area (Å²) in [6, 6.07) is 0. The van der Waals surface area contributed by atoms with E-state index in [4.69, 9.17) is 18.9 Å². The Balaban J connectivity index is 0.00000338. The van der Waals surface area contributed by atoms with Crippen molar-refractivity contribution >= 4 is 0 Å². The fourth-order valence-electron chi connectivity index (χ4n) is 3.31. The Bertz CT molecular complexity index is 413. The van der Waals surface area contributed by atoms with Gasteiger partial charge in [0.25, 0.3) is 0 Å². The van der Waals surface area contributed by atoms with Crippen LogP contribution in [-0.4, -0.2) is 94.1 Å². The Morgan fingerprint density at radius 1 is 0.923 bits per heavy atom. The molecule has 1 radical (unpaired) electrons. The fraction of sp³-hybridized carbons (Fsp3) is 0.938. The Kier molecular flexibility index (Phi) is 10.5. The minimum atomic E-state index is -1.39. The van der Waals surface area contributed by atoms with Crippen LogP contribution < -0.4 is 0 Å². The molecule has 2 fully saturated rings. The van der Waals surface area contributed by atoms with E-state index in [1.165, 1.54) is 0 Å². The summed E-state index contributed by atoms with van der Waals surface area (Å²) in [6.07, 6.45) is -9.89. The molecule has 6 unspecified atom stereocenters. The van der Waals surface area contributed by atoms with Gasteiger partial charge in [-0.15, -0.1) is 0 Å². The molecule has 0 amide bonds. The quantitative estimate of drug-likeness (QED) is 0.293. The zero-order chi connectivity index (χ0) is 18.7. The van der Waals surface area contributed by atoms with Crippen molar-refractivity contribution in [2.75, 3.05) is 13.2 Å². The van der Waals surface area contributed by atoms with E-state index < -0.39 is 61.2 Å². The zero-order valence-corrected chi connectivity index (χ0v) is 17.9. The van der Waals surface area contributed by atoms with E-state index in [0.29, 0.717) is 6.42 Å². The van der Waals surface area contributed by atoms with Gasteiger partial charge in [-0.2, -0.15) is 0 Å².